The molecular weight excluding hydrogens is 237 g/mol. The fraction of sp³-hybridized carbons (Fsp3) is 0.250. The molecule has 0 saturated heterocycles. The molecular formula is C8H7F2NaO3S. The van der Waals surface area contributed by atoms with Crippen LogP contribution < -0.4 is 29.6 Å². The Balaban J connectivity index is 0.00000196. The molecule has 7 heteroatoms. The van der Waals surface area contributed by atoms with Crippen LogP contribution in [0.15, 0.2) is 17.0 Å². The van der Waals surface area contributed by atoms with Crippen LogP contribution in [0, 0.1) is 11.6 Å². The Morgan fingerprint density at radius 1 is 1.27 bits per heavy atom. The molecule has 0 unspecified atom stereocenters. The first-order chi connectivity index (χ1) is 6.38. The van der Waals surface area contributed by atoms with Crippen LogP contribution in [0.3, 0.4) is 0 Å². The standard InChI is InChI=1S/C8H8F2O3S.Na/c1-2-5-6(9)3-4-7(10)8(5)14(11,12)13;/h3-4H,2H2,1H3,(H,11,12,13);/q;+1/p-1. The van der Waals surface area contributed by atoms with Gasteiger partial charge in [-0.2, -0.15) is 0 Å². The first kappa shape index (κ1) is 15.0. The minimum atomic E-state index is -4.96. The average molecular weight is 244 g/mol. The maximum absolute atomic E-state index is 13.0. The van der Waals surface area contributed by atoms with E-state index in [2.05, 4.69) is 0 Å². The van der Waals surface area contributed by atoms with Crippen molar-refractivity contribution in [2.75, 3.05) is 0 Å². The Bertz CT molecular complexity index is 459. The summed E-state index contributed by atoms with van der Waals surface area (Å²) in [4.78, 5) is -1.08. The van der Waals surface area contributed by atoms with Gasteiger partial charge in [0, 0.05) is 5.56 Å². The molecule has 0 saturated carbocycles. The van der Waals surface area contributed by atoms with Gasteiger partial charge in [-0.05, 0) is 18.6 Å². The van der Waals surface area contributed by atoms with Crippen molar-refractivity contribution in [2.24, 2.45) is 0 Å². The third-order valence-electron chi connectivity index (χ3n) is 1.76. The fourth-order valence-electron chi connectivity index (χ4n) is 1.17. The van der Waals surface area contributed by atoms with Crippen molar-refractivity contribution in [3.8, 4) is 0 Å². The molecule has 3 nitrogen and oxygen atoms in total. The molecule has 1 aromatic rings. The van der Waals surface area contributed by atoms with Crippen LogP contribution in [-0.4, -0.2) is 13.0 Å². The molecule has 0 aromatic heterocycles. The summed E-state index contributed by atoms with van der Waals surface area (Å²) >= 11 is 0. The summed E-state index contributed by atoms with van der Waals surface area (Å²) in [5, 5.41) is 0. The van der Waals surface area contributed by atoms with Crippen LogP contribution in [0.1, 0.15) is 12.5 Å². The monoisotopic (exact) mass is 244 g/mol. The normalized spacial score (nSPS) is 10.9. The Hall–Kier alpha value is -0.0100. The fourth-order valence-corrected chi connectivity index (χ4v) is 2.03. The quantitative estimate of drug-likeness (QED) is 0.467. The molecule has 15 heavy (non-hydrogen) atoms. The van der Waals surface area contributed by atoms with E-state index < -0.39 is 32.2 Å². The van der Waals surface area contributed by atoms with E-state index in [-0.39, 0.29) is 36.0 Å². The van der Waals surface area contributed by atoms with Gasteiger partial charge in [0.05, 0.1) is 4.90 Å². The van der Waals surface area contributed by atoms with Gasteiger partial charge < -0.3 is 4.55 Å². The third-order valence-corrected chi connectivity index (χ3v) is 2.70. The Kier molecular flexibility index (Phi) is 5.35. The summed E-state index contributed by atoms with van der Waals surface area (Å²) in [6.07, 6.45) is -0.0552. The summed E-state index contributed by atoms with van der Waals surface area (Å²) in [7, 11) is -4.96. The maximum Gasteiger partial charge on any atom is 1.00 e. The molecule has 0 N–H and O–H groups in total. The van der Waals surface area contributed by atoms with Crippen LogP contribution >= 0.6 is 0 Å². The third kappa shape index (κ3) is 3.22. The van der Waals surface area contributed by atoms with E-state index in [0.29, 0.717) is 6.07 Å². The van der Waals surface area contributed by atoms with Crippen LogP contribution in [-0.2, 0) is 16.5 Å². The molecule has 1 aromatic carbocycles. The van der Waals surface area contributed by atoms with Crippen LogP contribution in [0.5, 0.6) is 0 Å². The van der Waals surface area contributed by atoms with Crippen molar-refractivity contribution in [2.45, 2.75) is 18.2 Å². The van der Waals surface area contributed by atoms with Crippen LogP contribution in [0.4, 0.5) is 8.78 Å². The van der Waals surface area contributed by atoms with Crippen molar-refractivity contribution in [3.05, 3.63) is 29.3 Å². The number of halogens is 2. The zero-order valence-electron chi connectivity index (χ0n) is 8.25. The number of benzene rings is 1. The Morgan fingerprint density at radius 2 is 1.73 bits per heavy atom. The van der Waals surface area contributed by atoms with Crippen molar-refractivity contribution in [1.82, 2.24) is 0 Å². The topological polar surface area (TPSA) is 57.2 Å². The summed E-state index contributed by atoms with van der Waals surface area (Å²) in [5.41, 5.74) is -0.403. The van der Waals surface area contributed by atoms with Crippen LogP contribution in [0.25, 0.3) is 0 Å². The summed E-state index contributed by atoms with van der Waals surface area (Å²) in [5.74, 6) is -2.10. The van der Waals surface area contributed by atoms with Crippen molar-refractivity contribution < 1.29 is 51.3 Å². The average Bonchev–Trinajstić information content (AvgIpc) is 2.06. The van der Waals surface area contributed by atoms with Crippen molar-refractivity contribution in [3.63, 3.8) is 0 Å². The second kappa shape index (κ2) is 5.36. The van der Waals surface area contributed by atoms with Gasteiger partial charge in [0.15, 0.2) is 0 Å². The van der Waals surface area contributed by atoms with Gasteiger partial charge in [-0.15, -0.1) is 0 Å². The van der Waals surface area contributed by atoms with E-state index in [4.69, 9.17) is 0 Å². The van der Waals surface area contributed by atoms with Crippen molar-refractivity contribution in [1.29, 1.82) is 0 Å². The molecule has 0 aliphatic carbocycles. The van der Waals surface area contributed by atoms with E-state index >= 15 is 0 Å². The summed E-state index contributed by atoms with van der Waals surface area (Å²) < 4.78 is 57.8. The van der Waals surface area contributed by atoms with Gasteiger partial charge >= 0.3 is 29.6 Å². The van der Waals surface area contributed by atoms with Gasteiger partial charge in [0.1, 0.15) is 21.8 Å². The molecule has 0 atom stereocenters. The molecule has 0 radical (unpaired) electrons. The number of hydrogen-bond donors (Lipinski definition) is 0. The van der Waals surface area contributed by atoms with Gasteiger partial charge in [0.25, 0.3) is 0 Å². The number of hydrogen-bond acceptors (Lipinski definition) is 3. The molecule has 0 aliphatic heterocycles. The Labute approximate surface area is 109 Å². The minimum absolute atomic E-state index is 0. The van der Waals surface area contributed by atoms with Gasteiger partial charge in [-0.1, -0.05) is 6.92 Å². The van der Waals surface area contributed by atoms with E-state index in [1.54, 1.807) is 0 Å². The molecule has 0 spiro atoms. The van der Waals surface area contributed by atoms with Gasteiger partial charge in [-0.3, -0.25) is 0 Å². The minimum Gasteiger partial charge on any atom is -0.744 e. The largest absolute Gasteiger partial charge is 1.00 e. The smallest absolute Gasteiger partial charge is 0.744 e. The molecule has 78 valence electrons. The SMILES string of the molecule is CCc1c(F)ccc(F)c1S(=O)(=O)[O-].[Na+]. The first-order valence-electron chi connectivity index (χ1n) is 3.80. The van der Waals surface area contributed by atoms with Gasteiger partial charge in [0.2, 0.25) is 0 Å². The molecule has 0 aliphatic rings. The molecule has 0 fully saturated rings. The second-order valence-corrected chi connectivity index (χ2v) is 3.96. The zero-order chi connectivity index (χ0) is 10.9. The summed E-state index contributed by atoms with van der Waals surface area (Å²) in [6.45, 7) is 1.44. The molecule has 0 heterocycles. The molecule has 0 amide bonds. The first-order valence-corrected chi connectivity index (χ1v) is 5.21. The second-order valence-electron chi connectivity index (χ2n) is 2.64. The number of rotatable bonds is 2. The van der Waals surface area contributed by atoms with Crippen molar-refractivity contribution >= 4 is 10.1 Å². The van der Waals surface area contributed by atoms with E-state index in [1.807, 2.05) is 0 Å². The van der Waals surface area contributed by atoms with Gasteiger partial charge in [-0.25, -0.2) is 17.2 Å². The molecule has 0 bridgehead atoms. The predicted octanol–water partition coefficient (Wildman–Crippen LogP) is -1.56. The van der Waals surface area contributed by atoms with Crippen LogP contribution in [0.2, 0.25) is 0 Å². The van der Waals surface area contributed by atoms with E-state index in [0.717, 1.165) is 6.07 Å². The van der Waals surface area contributed by atoms with E-state index in [9.17, 15) is 21.8 Å². The van der Waals surface area contributed by atoms with E-state index in [1.165, 1.54) is 6.92 Å². The maximum atomic E-state index is 13.0. The Morgan fingerprint density at radius 3 is 2.07 bits per heavy atom. The summed E-state index contributed by atoms with van der Waals surface area (Å²) in [6, 6.07) is 1.42. The molecule has 1 rings (SSSR count). The zero-order valence-corrected chi connectivity index (χ0v) is 11.1. The predicted molar refractivity (Wildman–Crippen MR) is 43.7 cm³/mol.